The highest BCUT2D eigenvalue weighted by Gasteiger charge is 2.35. The third kappa shape index (κ3) is 5.03. The van der Waals surface area contributed by atoms with Crippen LogP contribution in [-0.4, -0.2) is 36.5 Å². The van der Waals surface area contributed by atoms with Gasteiger partial charge in [-0.2, -0.15) is 0 Å². The van der Waals surface area contributed by atoms with Crippen LogP contribution in [0.5, 0.6) is 5.75 Å². The Morgan fingerprint density at radius 2 is 1.90 bits per heavy atom. The monoisotopic (exact) mass is 458 g/mol. The summed E-state index contributed by atoms with van der Waals surface area (Å²) in [5, 5.41) is 2.48. The van der Waals surface area contributed by atoms with Gasteiger partial charge in [-0.05, 0) is 36.8 Å². The molecule has 0 spiro atoms. The molecule has 0 aliphatic carbocycles. The predicted octanol–water partition coefficient (Wildman–Crippen LogP) is 3.40. The Balaban J connectivity index is 1.82. The van der Waals surface area contributed by atoms with E-state index in [0.29, 0.717) is 17.9 Å². The van der Waals surface area contributed by atoms with E-state index in [2.05, 4.69) is 26.0 Å². The fraction of sp³-hybridized carbons (Fsp3) is 0.190. The van der Waals surface area contributed by atoms with E-state index in [9.17, 15) is 14.4 Å². The number of halogens is 1. The summed E-state index contributed by atoms with van der Waals surface area (Å²) in [6.45, 7) is 1.92. The first-order chi connectivity index (χ1) is 13.9. The van der Waals surface area contributed by atoms with Crippen molar-refractivity contribution in [1.82, 2.24) is 10.2 Å². The molecule has 2 aromatic carbocycles. The van der Waals surface area contributed by atoms with Crippen LogP contribution in [0.25, 0.3) is 6.08 Å². The number of esters is 1. The second-order valence-electron chi connectivity index (χ2n) is 6.41. The molecule has 0 bridgehead atoms. The molecule has 0 radical (unpaired) electrons. The van der Waals surface area contributed by atoms with Crippen LogP contribution in [0.1, 0.15) is 16.7 Å². The Labute approximate surface area is 176 Å². The predicted molar refractivity (Wildman–Crippen MR) is 110 cm³/mol. The van der Waals surface area contributed by atoms with Crippen molar-refractivity contribution in [3.05, 3.63) is 69.3 Å². The van der Waals surface area contributed by atoms with Gasteiger partial charge in [-0.1, -0.05) is 45.8 Å². The Hall–Kier alpha value is -3.13. The molecule has 2 aromatic rings. The van der Waals surface area contributed by atoms with Crippen molar-refractivity contribution < 1.29 is 23.9 Å². The van der Waals surface area contributed by atoms with Gasteiger partial charge in [0.1, 0.15) is 24.6 Å². The highest BCUT2D eigenvalue weighted by Crippen LogP contribution is 2.27. The van der Waals surface area contributed by atoms with Gasteiger partial charge in [0.05, 0.1) is 7.11 Å². The van der Waals surface area contributed by atoms with Gasteiger partial charge in [0.2, 0.25) is 0 Å². The average Bonchev–Trinajstić information content (AvgIpc) is 2.96. The van der Waals surface area contributed by atoms with Crippen LogP contribution < -0.4 is 10.1 Å². The van der Waals surface area contributed by atoms with E-state index < -0.39 is 24.5 Å². The van der Waals surface area contributed by atoms with Crippen LogP contribution in [0.3, 0.4) is 0 Å². The molecule has 1 aliphatic heterocycles. The second-order valence-corrected chi connectivity index (χ2v) is 7.33. The van der Waals surface area contributed by atoms with E-state index in [1.165, 1.54) is 13.2 Å². The average molecular weight is 459 g/mol. The van der Waals surface area contributed by atoms with Crippen LogP contribution in [0.2, 0.25) is 0 Å². The first-order valence-electron chi connectivity index (χ1n) is 8.76. The van der Waals surface area contributed by atoms with Crippen LogP contribution >= 0.6 is 15.9 Å². The third-order valence-electron chi connectivity index (χ3n) is 4.26. The second kappa shape index (κ2) is 8.91. The Kier molecular flexibility index (Phi) is 6.33. The number of amides is 3. The zero-order chi connectivity index (χ0) is 21.0. The van der Waals surface area contributed by atoms with E-state index in [0.717, 1.165) is 20.5 Å². The molecule has 150 valence electrons. The number of ether oxygens (including phenoxy) is 2. The number of rotatable bonds is 6. The number of imide groups is 1. The quantitative estimate of drug-likeness (QED) is 0.407. The van der Waals surface area contributed by atoms with Crippen molar-refractivity contribution in [1.29, 1.82) is 0 Å². The van der Waals surface area contributed by atoms with Crippen molar-refractivity contribution in [3.63, 3.8) is 0 Å². The smallest absolute Gasteiger partial charge is 0.329 e. The molecule has 1 fully saturated rings. The molecular formula is C21H19BrN2O5. The fourth-order valence-electron chi connectivity index (χ4n) is 2.67. The van der Waals surface area contributed by atoms with E-state index in [1.807, 2.05) is 37.3 Å². The van der Waals surface area contributed by atoms with Crippen LogP contribution in [-0.2, 0) is 20.9 Å². The van der Waals surface area contributed by atoms with E-state index in [-0.39, 0.29) is 5.70 Å². The normalized spacial score (nSPS) is 14.9. The first kappa shape index (κ1) is 20.6. The minimum absolute atomic E-state index is 0.0530. The highest BCUT2D eigenvalue weighted by molar-refractivity contribution is 9.10. The maximum Gasteiger partial charge on any atom is 0.329 e. The molecule has 8 heteroatoms. The molecule has 1 heterocycles. The van der Waals surface area contributed by atoms with Crippen molar-refractivity contribution in [3.8, 4) is 5.75 Å². The Morgan fingerprint density at radius 1 is 1.17 bits per heavy atom. The lowest BCUT2D eigenvalue weighted by atomic mass is 10.1. The number of hydrogen-bond donors (Lipinski definition) is 1. The number of nitrogens with zero attached hydrogens (tertiary/aromatic N) is 1. The maximum atomic E-state index is 12.5. The molecule has 1 N–H and O–H groups in total. The van der Waals surface area contributed by atoms with Crippen molar-refractivity contribution in [2.45, 2.75) is 13.5 Å². The minimum Gasteiger partial charge on any atom is -0.488 e. The van der Waals surface area contributed by atoms with E-state index in [1.54, 1.807) is 12.1 Å². The summed E-state index contributed by atoms with van der Waals surface area (Å²) < 4.78 is 11.2. The number of urea groups is 1. The molecule has 0 aromatic heterocycles. The lowest BCUT2D eigenvalue weighted by Crippen LogP contribution is -2.36. The standard InChI is InChI=1S/C21H19BrN2O5/c1-13-3-5-14(6-4-13)12-29-18-8-7-16(22)9-15(18)10-17-20(26)24(21(27)23-17)11-19(25)28-2/h3-10H,11-12H2,1-2H3,(H,23,27)/b17-10+. The largest absolute Gasteiger partial charge is 0.488 e. The van der Waals surface area contributed by atoms with Gasteiger partial charge in [0.15, 0.2) is 0 Å². The van der Waals surface area contributed by atoms with Crippen LogP contribution in [0, 0.1) is 6.92 Å². The summed E-state index contributed by atoms with van der Waals surface area (Å²) in [5.74, 6) is -0.737. The zero-order valence-electron chi connectivity index (χ0n) is 15.9. The number of hydrogen-bond acceptors (Lipinski definition) is 5. The molecule has 1 aliphatic rings. The molecule has 0 saturated carbocycles. The SMILES string of the molecule is COC(=O)CN1C(=O)N/C(=C/c2cc(Br)ccc2OCc2ccc(C)cc2)C1=O. The molecule has 1 saturated heterocycles. The van der Waals surface area contributed by atoms with Crippen molar-refractivity contribution in [2.75, 3.05) is 13.7 Å². The summed E-state index contributed by atoms with van der Waals surface area (Å²) >= 11 is 3.40. The van der Waals surface area contributed by atoms with Gasteiger partial charge in [-0.3, -0.25) is 9.59 Å². The van der Waals surface area contributed by atoms with Crippen molar-refractivity contribution in [2.24, 2.45) is 0 Å². The number of carbonyl (C=O) groups excluding carboxylic acids is 3. The topological polar surface area (TPSA) is 84.9 Å². The number of benzene rings is 2. The summed E-state index contributed by atoms with van der Waals surface area (Å²) in [5.41, 5.74) is 2.83. The minimum atomic E-state index is -0.681. The van der Waals surface area contributed by atoms with Crippen LogP contribution in [0.15, 0.2) is 52.6 Å². The first-order valence-corrected chi connectivity index (χ1v) is 9.56. The summed E-state index contributed by atoms with van der Waals surface area (Å²) in [6, 6.07) is 12.7. The number of aryl methyl sites for hydroxylation is 1. The van der Waals surface area contributed by atoms with Crippen LogP contribution in [0.4, 0.5) is 4.79 Å². The highest BCUT2D eigenvalue weighted by atomic mass is 79.9. The van der Waals surface area contributed by atoms with Gasteiger partial charge in [0.25, 0.3) is 5.91 Å². The number of methoxy groups -OCH3 is 1. The fourth-order valence-corrected chi connectivity index (χ4v) is 3.05. The Bertz CT molecular complexity index is 985. The molecular weight excluding hydrogens is 440 g/mol. The zero-order valence-corrected chi connectivity index (χ0v) is 17.5. The molecule has 3 amide bonds. The van der Waals surface area contributed by atoms with Gasteiger partial charge >= 0.3 is 12.0 Å². The Morgan fingerprint density at radius 3 is 2.59 bits per heavy atom. The lowest BCUT2D eigenvalue weighted by molar-refractivity contribution is -0.143. The summed E-state index contributed by atoms with van der Waals surface area (Å²) in [6.07, 6.45) is 1.52. The molecule has 0 unspecified atom stereocenters. The van der Waals surface area contributed by atoms with E-state index in [4.69, 9.17) is 4.74 Å². The molecule has 3 rings (SSSR count). The van der Waals surface area contributed by atoms with Gasteiger partial charge in [-0.25, -0.2) is 9.69 Å². The van der Waals surface area contributed by atoms with Gasteiger partial charge in [0, 0.05) is 10.0 Å². The van der Waals surface area contributed by atoms with Gasteiger partial charge < -0.3 is 14.8 Å². The van der Waals surface area contributed by atoms with Crippen molar-refractivity contribution >= 4 is 39.9 Å². The molecule has 0 atom stereocenters. The molecule has 7 nitrogen and oxygen atoms in total. The number of carbonyl (C=O) groups is 3. The molecule has 29 heavy (non-hydrogen) atoms. The van der Waals surface area contributed by atoms with Gasteiger partial charge in [-0.15, -0.1) is 0 Å². The van der Waals surface area contributed by atoms with E-state index >= 15 is 0 Å². The number of nitrogens with one attached hydrogen (secondary N) is 1. The summed E-state index contributed by atoms with van der Waals surface area (Å²) in [4.78, 5) is 36.7. The summed E-state index contributed by atoms with van der Waals surface area (Å²) in [7, 11) is 1.19. The maximum absolute atomic E-state index is 12.5. The lowest BCUT2D eigenvalue weighted by Gasteiger charge is -2.11. The third-order valence-corrected chi connectivity index (χ3v) is 4.76.